The van der Waals surface area contributed by atoms with Crippen molar-refractivity contribution >= 4 is 11.7 Å². The van der Waals surface area contributed by atoms with Crippen LogP contribution < -0.4 is 26.7 Å². The average molecular weight is 434 g/mol. The second kappa shape index (κ2) is 8.84. The van der Waals surface area contributed by atoms with Crippen LogP contribution in [-0.4, -0.2) is 35.7 Å². The predicted molar refractivity (Wildman–Crippen MR) is 123 cm³/mol. The summed E-state index contributed by atoms with van der Waals surface area (Å²) in [6, 6.07) is 12.9. The number of amides is 1. The van der Waals surface area contributed by atoms with Gasteiger partial charge in [0.2, 0.25) is 5.91 Å². The van der Waals surface area contributed by atoms with E-state index < -0.39 is 11.4 Å². The van der Waals surface area contributed by atoms with E-state index >= 15 is 0 Å². The number of nitrogens with one attached hydrogen (secondary N) is 2. The first-order chi connectivity index (χ1) is 15.4. The molecule has 0 unspecified atom stereocenters. The Balaban J connectivity index is 1.67. The van der Waals surface area contributed by atoms with Crippen molar-refractivity contribution in [2.75, 3.05) is 25.5 Å². The van der Waals surface area contributed by atoms with Gasteiger partial charge in [0, 0.05) is 30.1 Å². The van der Waals surface area contributed by atoms with Crippen molar-refractivity contribution in [3.05, 3.63) is 81.9 Å². The van der Waals surface area contributed by atoms with E-state index in [0.717, 1.165) is 36.3 Å². The molecule has 1 saturated carbocycles. The molecule has 1 amide bonds. The summed E-state index contributed by atoms with van der Waals surface area (Å²) in [4.78, 5) is 29.3. The number of carbonyl (C=O) groups is 1. The van der Waals surface area contributed by atoms with Crippen molar-refractivity contribution < 1.29 is 9.53 Å². The van der Waals surface area contributed by atoms with Gasteiger partial charge in [0.15, 0.2) is 5.82 Å². The van der Waals surface area contributed by atoms with Gasteiger partial charge in [-0.3, -0.25) is 14.2 Å². The van der Waals surface area contributed by atoms with Crippen LogP contribution in [0.4, 0.5) is 5.82 Å². The minimum absolute atomic E-state index is 0.249. The topological polar surface area (TPSA) is 111 Å². The Morgan fingerprint density at radius 2 is 2.03 bits per heavy atom. The van der Waals surface area contributed by atoms with Crippen molar-refractivity contribution in [3.63, 3.8) is 0 Å². The molecule has 0 saturated heterocycles. The standard InChI is InChI=1S/C24H27N5O3/c1-16-7-8-17(21(25)30)15-19(16)29-13-11-27-22(23(29)31)28-24(9-10-24)18-5-3-4-6-20(18)32-14-12-26-2/h3-8,11,13,15,26H,9-10,12,14H2,1-2H3,(H2,25,30)(H,27,28). The number of benzene rings is 2. The Bertz CT molecular complexity index is 1200. The number of anilines is 1. The summed E-state index contributed by atoms with van der Waals surface area (Å²) >= 11 is 0. The molecule has 2 aromatic carbocycles. The highest BCUT2D eigenvalue weighted by Crippen LogP contribution is 2.50. The number of hydrogen-bond acceptors (Lipinski definition) is 6. The summed E-state index contributed by atoms with van der Waals surface area (Å²) in [7, 11) is 1.88. The number of primary amides is 1. The number of para-hydroxylation sites is 1. The molecule has 0 spiro atoms. The molecule has 8 heteroatoms. The molecule has 1 aliphatic carbocycles. The lowest BCUT2D eigenvalue weighted by molar-refractivity contribution is 0.1000. The van der Waals surface area contributed by atoms with Crippen LogP contribution in [0.3, 0.4) is 0 Å². The molecule has 3 aromatic rings. The summed E-state index contributed by atoms with van der Waals surface area (Å²) in [6.07, 6.45) is 4.90. The molecule has 32 heavy (non-hydrogen) atoms. The molecule has 0 atom stereocenters. The summed E-state index contributed by atoms with van der Waals surface area (Å²) in [6.45, 7) is 3.17. The van der Waals surface area contributed by atoms with Gasteiger partial charge in [0.25, 0.3) is 5.56 Å². The third kappa shape index (κ3) is 4.22. The number of carbonyl (C=O) groups excluding carboxylic acids is 1. The molecular weight excluding hydrogens is 406 g/mol. The van der Waals surface area contributed by atoms with Crippen LogP contribution in [0.1, 0.15) is 34.3 Å². The quantitative estimate of drug-likeness (QED) is 0.447. The Kier molecular flexibility index (Phi) is 5.96. The lowest BCUT2D eigenvalue weighted by atomic mass is 10.0. The van der Waals surface area contributed by atoms with E-state index in [1.54, 1.807) is 30.6 Å². The van der Waals surface area contributed by atoms with Crippen LogP contribution >= 0.6 is 0 Å². The maximum atomic E-state index is 13.3. The van der Waals surface area contributed by atoms with Gasteiger partial charge in [0.1, 0.15) is 12.4 Å². The number of nitrogens with two attached hydrogens (primary N) is 1. The van der Waals surface area contributed by atoms with Gasteiger partial charge in [0.05, 0.1) is 11.2 Å². The first kappa shape index (κ1) is 21.6. The molecular formula is C24H27N5O3. The van der Waals surface area contributed by atoms with Crippen molar-refractivity contribution in [1.82, 2.24) is 14.9 Å². The van der Waals surface area contributed by atoms with Crippen LogP contribution in [0.5, 0.6) is 5.75 Å². The van der Waals surface area contributed by atoms with E-state index in [-0.39, 0.29) is 11.4 Å². The van der Waals surface area contributed by atoms with E-state index in [4.69, 9.17) is 10.5 Å². The van der Waals surface area contributed by atoms with Gasteiger partial charge in [-0.25, -0.2) is 4.98 Å². The SMILES string of the molecule is CNCCOc1ccccc1C1(Nc2nccn(-c3cc(C(N)=O)ccc3C)c2=O)CC1. The number of hydrogen-bond donors (Lipinski definition) is 3. The van der Waals surface area contributed by atoms with E-state index in [1.165, 1.54) is 4.57 Å². The lowest BCUT2D eigenvalue weighted by Crippen LogP contribution is -2.29. The van der Waals surface area contributed by atoms with Crippen LogP contribution in [0.15, 0.2) is 59.7 Å². The first-order valence-corrected chi connectivity index (χ1v) is 10.6. The van der Waals surface area contributed by atoms with Crippen molar-refractivity contribution in [1.29, 1.82) is 0 Å². The van der Waals surface area contributed by atoms with Crippen LogP contribution in [0, 0.1) is 6.92 Å². The minimum Gasteiger partial charge on any atom is -0.492 e. The van der Waals surface area contributed by atoms with Gasteiger partial charge in [-0.05, 0) is 50.6 Å². The Morgan fingerprint density at radius 1 is 1.25 bits per heavy atom. The van der Waals surface area contributed by atoms with Crippen LogP contribution in [0.25, 0.3) is 5.69 Å². The van der Waals surface area contributed by atoms with Gasteiger partial charge < -0.3 is 21.1 Å². The maximum absolute atomic E-state index is 13.3. The fourth-order valence-electron chi connectivity index (χ4n) is 3.77. The van der Waals surface area contributed by atoms with Gasteiger partial charge in [-0.2, -0.15) is 0 Å². The highest BCUT2D eigenvalue weighted by Gasteiger charge is 2.47. The van der Waals surface area contributed by atoms with Gasteiger partial charge in [-0.15, -0.1) is 0 Å². The predicted octanol–water partition coefficient (Wildman–Crippen LogP) is 2.34. The van der Waals surface area contributed by atoms with E-state index in [9.17, 15) is 9.59 Å². The molecule has 0 aliphatic heterocycles. The molecule has 166 valence electrons. The Morgan fingerprint density at radius 3 is 2.75 bits per heavy atom. The third-order valence-corrected chi connectivity index (χ3v) is 5.71. The molecule has 1 heterocycles. The third-order valence-electron chi connectivity index (χ3n) is 5.71. The zero-order valence-corrected chi connectivity index (χ0v) is 18.2. The second-order valence-corrected chi connectivity index (χ2v) is 7.97. The van der Waals surface area contributed by atoms with Gasteiger partial charge in [-0.1, -0.05) is 24.3 Å². The number of likely N-dealkylation sites (N-methyl/N-ethyl adjacent to an activating group) is 1. The normalized spacial score (nSPS) is 14.1. The molecule has 1 fully saturated rings. The summed E-state index contributed by atoms with van der Waals surface area (Å²) < 4.78 is 7.45. The molecule has 0 radical (unpaired) electrons. The molecule has 0 bridgehead atoms. The van der Waals surface area contributed by atoms with Gasteiger partial charge >= 0.3 is 0 Å². The number of rotatable bonds is 9. The second-order valence-electron chi connectivity index (χ2n) is 7.97. The van der Waals surface area contributed by atoms with E-state index in [1.807, 2.05) is 38.2 Å². The fraction of sp³-hybridized carbons (Fsp3) is 0.292. The van der Waals surface area contributed by atoms with E-state index in [2.05, 4.69) is 15.6 Å². The lowest BCUT2D eigenvalue weighted by Gasteiger charge is -2.22. The highest BCUT2D eigenvalue weighted by atomic mass is 16.5. The van der Waals surface area contributed by atoms with Crippen molar-refractivity contribution in [2.45, 2.75) is 25.3 Å². The molecule has 1 aromatic heterocycles. The van der Waals surface area contributed by atoms with Crippen LogP contribution in [0.2, 0.25) is 0 Å². The van der Waals surface area contributed by atoms with Crippen LogP contribution in [-0.2, 0) is 5.54 Å². The molecule has 4 rings (SSSR count). The van der Waals surface area contributed by atoms with Crippen molar-refractivity contribution in [2.24, 2.45) is 5.73 Å². The molecule has 4 N–H and O–H groups in total. The summed E-state index contributed by atoms with van der Waals surface area (Å²) in [5.74, 6) is 0.506. The Labute approximate surface area is 186 Å². The smallest absolute Gasteiger partial charge is 0.297 e. The zero-order valence-electron chi connectivity index (χ0n) is 18.2. The highest BCUT2D eigenvalue weighted by molar-refractivity contribution is 5.93. The fourth-order valence-corrected chi connectivity index (χ4v) is 3.77. The minimum atomic E-state index is -0.543. The summed E-state index contributed by atoms with van der Waals surface area (Å²) in [5, 5.41) is 6.45. The maximum Gasteiger partial charge on any atom is 0.297 e. The zero-order chi connectivity index (χ0) is 22.7. The number of aromatic nitrogens is 2. The Hall–Kier alpha value is -3.65. The number of nitrogens with zero attached hydrogens (tertiary/aromatic N) is 2. The van der Waals surface area contributed by atoms with E-state index in [0.29, 0.717) is 17.9 Å². The number of ether oxygens (including phenoxy) is 1. The summed E-state index contributed by atoms with van der Waals surface area (Å²) in [5.41, 5.74) is 7.53. The molecule has 8 nitrogen and oxygen atoms in total. The largest absolute Gasteiger partial charge is 0.492 e. The first-order valence-electron chi connectivity index (χ1n) is 10.6. The van der Waals surface area contributed by atoms with Crippen molar-refractivity contribution in [3.8, 4) is 11.4 Å². The molecule has 1 aliphatic rings. The monoisotopic (exact) mass is 433 g/mol. The average Bonchev–Trinajstić information content (AvgIpc) is 3.57. The number of aryl methyl sites for hydroxylation is 1.